The number of aryl methyl sites for hydroxylation is 2. The average molecular weight is 238 g/mol. The fourth-order valence-corrected chi connectivity index (χ4v) is 2.22. The summed E-state index contributed by atoms with van der Waals surface area (Å²) in [5.74, 6) is 0.928. The molecule has 0 amide bonds. The highest BCUT2D eigenvalue weighted by Gasteiger charge is 2.41. The summed E-state index contributed by atoms with van der Waals surface area (Å²) in [6.07, 6.45) is 3.81. The van der Waals surface area contributed by atoms with E-state index < -0.39 is 0 Å². The van der Waals surface area contributed by atoms with Crippen molar-refractivity contribution in [2.75, 3.05) is 20.3 Å². The van der Waals surface area contributed by atoms with Gasteiger partial charge >= 0.3 is 0 Å². The number of rotatable bonds is 7. The second-order valence-corrected chi connectivity index (χ2v) is 5.15. The number of hydrogen-bond donors (Lipinski definition) is 1. The van der Waals surface area contributed by atoms with E-state index in [4.69, 9.17) is 9.26 Å². The molecule has 1 aliphatic carbocycles. The van der Waals surface area contributed by atoms with Gasteiger partial charge in [0, 0.05) is 32.4 Å². The first-order chi connectivity index (χ1) is 8.17. The summed E-state index contributed by atoms with van der Waals surface area (Å²) in [6, 6.07) is 0. The van der Waals surface area contributed by atoms with E-state index >= 15 is 0 Å². The number of methoxy groups -OCH3 is 1. The van der Waals surface area contributed by atoms with E-state index in [1.54, 1.807) is 7.11 Å². The Morgan fingerprint density at radius 2 is 2.18 bits per heavy atom. The predicted octanol–water partition coefficient (Wildman–Crippen LogP) is 2.20. The predicted molar refractivity (Wildman–Crippen MR) is 65.8 cm³/mol. The van der Waals surface area contributed by atoms with Crippen LogP contribution < -0.4 is 5.32 Å². The van der Waals surface area contributed by atoms with E-state index in [2.05, 4.69) is 10.5 Å². The fourth-order valence-electron chi connectivity index (χ4n) is 2.22. The van der Waals surface area contributed by atoms with Crippen LogP contribution in [-0.2, 0) is 11.3 Å². The van der Waals surface area contributed by atoms with Crippen molar-refractivity contribution in [3.05, 3.63) is 17.0 Å². The maximum Gasteiger partial charge on any atom is 0.138 e. The molecule has 1 aromatic rings. The van der Waals surface area contributed by atoms with Crippen molar-refractivity contribution >= 4 is 0 Å². The summed E-state index contributed by atoms with van der Waals surface area (Å²) < 4.78 is 10.3. The second kappa shape index (κ2) is 5.19. The van der Waals surface area contributed by atoms with Crippen LogP contribution in [0.25, 0.3) is 0 Å². The van der Waals surface area contributed by atoms with Gasteiger partial charge in [0.1, 0.15) is 5.76 Å². The lowest BCUT2D eigenvalue weighted by Crippen LogP contribution is -2.25. The van der Waals surface area contributed by atoms with Crippen LogP contribution in [0.1, 0.15) is 36.3 Å². The van der Waals surface area contributed by atoms with Gasteiger partial charge in [-0.15, -0.1) is 0 Å². The molecule has 0 saturated heterocycles. The molecule has 1 fully saturated rings. The molecule has 1 heterocycles. The van der Waals surface area contributed by atoms with Gasteiger partial charge in [0.25, 0.3) is 0 Å². The van der Waals surface area contributed by atoms with Crippen LogP contribution in [0.4, 0.5) is 0 Å². The first kappa shape index (κ1) is 12.6. The third kappa shape index (κ3) is 3.07. The van der Waals surface area contributed by atoms with Crippen molar-refractivity contribution in [1.82, 2.24) is 10.5 Å². The summed E-state index contributed by atoms with van der Waals surface area (Å²) >= 11 is 0. The third-order valence-corrected chi connectivity index (χ3v) is 3.78. The van der Waals surface area contributed by atoms with Crippen LogP contribution >= 0.6 is 0 Å². The van der Waals surface area contributed by atoms with Gasteiger partial charge in [-0.25, -0.2) is 0 Å². The Kier molecular flexibility index (Phi) is 3.84. The fraction of sp³-hybridized carbons (Fsp3) is 0.769. The summed E-state index contributed by atoms with van der Waals surface area (Å²) in [5, 5.41) is 7.49. The molecule has 4 nitrogen and oxygen atoms in total. The van der Waals surface area contributed by atoms with Gasteiger partial charge in [-0.05, 0) is 38.5 Å². The molecule has 0 unspecified atom stereocenters. The Morgan fingerprint density at radius 3 is 2.71 bits per heavy atom. The largest absolute Gasteiger partial charge is 0.385 e. The van der Waals surface area contributed by atoms with Gasteiger partial charge in [-0.1, -0.05) is 5.16 Å². The minimum Gasteiger partial charge on any atom is -0.385 e. The SMILES string of the molecule is COCCC1(CNCc2c(C)noc2C)CC1. The van der Waals surface area contributed by atoms with E-state index in [1.165, 1.54) is 18.4 Å². The van der Waals surface area contributed by atoms with Crippen molar-refractivity contribution in [3.63, 3.8) is 0 Å². The Balaban J connectivity index is 1.76. The van der Waals surface area contributed by atoms with E-state index in [9.17, 15) is 0 Å². The zero-order valence-electron chi connectivity index (χ0n) is 11.0. The van der Waals surface area contributed by atoms with E-state index in [1.807, 2.05) is 13.8 Å². The summed E-state index contributed by atoms with van der Waals surface area (Å²) in [4.78, 5) is 0. The third-order valence-electron chi connectivity index (χ3n) is 3.78. The monoisotopic (exact) mass is 238 g/mol. The van der Waals surface area contributed by atoms with Crippen molar-refractivity contribution < 1.29 is 9.26 Å². The van der Waals surface area contributed by atoms with Gasteiger partial charge in [0.05, 0.1) is 5.69 Å². The topological polar surface area (TPSA) is 47.3 Å². The Bertz CT molecular complexity index is 350. The maximum absolute atomic E-state index is 5.16. The minimum atomic E-state index is 0.495. The molecule has 0 aliphatic heterocycles. The first-order valence-electron chi connectivity index (χ1n) is 6.28. The standard InChI is InChI=1S/C13H22N2O2/c1-10-12(11(2)17-15-10)8-14-9-13(4-5-13)6-7-16-3/h14H,4-9H2,1-3H3. The van der Waals surface area contributed by atoms with Gasteiger partial charge in [-0.2, -0.15) is 0 Å². The minimum absolute atomic E-state index is 0.495. The number of nitrogens with one attached hydrogen (secondary N) is 1. The Morgan fingerprint density at radius 1 is 1.41 bits per heavy atom. The smallest absolute Gasteiger partial charge is 0.138 e. The molecule has 2 rings (SSSR count). The summed E-state index contributed by atoms with van der Waals surface area (Å²) in [6.45, 7) is 6.75. The molecular weight excluding hydrogens is 216 g/mol. The van der Waals surface area contributed by atoms with Crippen LogP contribution in [-0.4, -0.2) is 25.4 Å². The van der Waals surface area contributed by atoms with E-state index in [0.29, 0.717) is 5.41 Å². The second-order valence-electron chi connectivity index (χ2n) is 5.15. The average Bonchev–Trinajstić information content (AvgIpc) is 3.02. The van der Waals surface area contributed by atoms with Gasteiger partial charge < -0.3 is 14.6 Å². The molecule has 1 aromatic heterocycles. The van der Waals surface area contributed by atoms with Gasteiger partial charge in [0.15, 0.2) is 0 Å². The quantitative estimate of drug-likeness (QED) is 0.791. The van der Waals surface area contributed by atoms with Crippen LogP contribution in [0.3, 0.4) is 0 Å². The molecule has 1 N–H and O–H groups in total. The van der Waals surface area contributed by atoms with Crippen LogP contribution in [0.5, 0.6) is 0 Å². The number of nitrogens with zero attached hydrogens (tertiary/aromatic N) is 1. The van der Waals surface area contributed by atoms with Crippen LogP contribution in [0.15, 0.2) is 4.52 Å². The lowest BCUT2D eigenvalue weighted by Gasteiger charge is -2.15. The number of hydrogen-bond acceptors (Lipinski definition) is 4. The molecule has 1 saturated carbocycles. The molecular formula is C13H22N2O2. The molecule has 96 valence electrons. The van der Waals surface area contributed by atoms with Gasteiger partial charge in [0.2, 0.25) is 0 Å². The molecule has 0 atom stereocenters. The van der Waals surface area contributed by atoms with Crippen LogP contribution in [0, 0.1) is 19.3 Å². The molecule has 0 radical (unpaired) electrons. The molecule has 0 spiro atoms. The van der Waals surface area contributed by atoms with Crippen molar-refractivity contribution in [2.45, 2.75) is 39.7 Å². The number of aromatic nitrogens is 1. The zero-order chi connectivity index (χ0) is 12.3. The maximum atomic E-state index is 5.16. The molecule has 1 aliphatic rings. The first-order valence-corrected chi connectivity index (χ1v) is 6.28. The molecule has 0 bridgehead atoms. The van der Waals surface area contributed by atoms with Crippen LogP contribution in [0.2, 0.25) is 0 Å². The van der Waals surface area contributed by atoms with Crippen molar-refractivity contribution in [2.24, 2.45) is 5.41 Å². The highest BCUT2D eigenvalue weighted by molar-refractivity contribution is 5.20. The molecule has 0 aromatic carbocycles. The van der Waals surface area contributed by atoms with Crippen molar-refractivity contribution in [3.8, 4) is 0 Å². The van der Waals surface area contributed by atoms with E-state index in [0.717, 1.165) is 37.6 Å². The highest BCUT2D eigenvalue weighted by Crippen LogP contribution is 2.48. The normalized spacial score (nSPS) is 17.4. The van der Waals surface area contributed by atoms with E-state index in [-0.39, 0.29) is 0 Å². The Hall–Kier alpha value is -0.870. The Labute approximate surface area is 103 Å². The zero-order valence-corrected chi connectivity index (χ0v) is 11.0. The molecule has 17 heavy (non-hydrogen) atoms. The highest BCUT2D eigenvalue weighted by atomic mass is 16.5. The van der Waals surface area contributed by atoms with Gasteiger partial charge in [-0.3, -0.25) is 0 Å². The number of ether oxygens (including phenoxy) is 1. The lowest BCUT2D eigenvalue weighted by atomic mass is 10.0. The summed E-state index contributed by atoms with van der Waals surface area (Å²) in [7, 11) is 1.77. The molecule has 4 heteroatoms. The lowest BCUT2D eigenvalue weighted by molar-refractivity contribution is 0.171. The summed E-state index contributed by atoms with van der Waals surface area (Å²) in [5.41, 5.74) is 2.69. The van der Waals surface area contributed by atoms with Crippen molar-refractivity contribution in [1.29, 1.82) is 0 Å².